The van der Waals surface area contributed by atoms with Crippen molar-refractivity contribution in [1.82, 2.24) is 4.98 Å². The van der Waals surface area contributed by atoms with Crippen molar-refractivity contribution >= 4 is 17.4 Å². The largest absolute Gasteiger partial charge is 0.383 e. The van der Waals surface area contributed by atoms with Crippen molar-refractivity contribution in [2.45, 2.75) is 38.3 Å². The van der Waals surface area contributed by atoms with Crippen molar-refractivity contribution in [1.29, 1.82) is 0 Å². The van der Waals surface area contributed by atoms with Crippen molar-refractivity contribution in [2.24, 2.45) is 5.73 Å². The van der Waals surface area contributed by atoms with Crippen LogP contribution in [-0.2, 0) is 4.74 Å². The van der Waals surface area contributed by atoms with Crippen LogP contribution in [0.5, 0.6) is 0 Å². The fourth-order valence-corrected chi connectivity index (χ4v) is 2.27. The van der Waals surface area contributed by atoms with Gasteiger partial charge in [0.05, 0.1) is 16.7 Å². The molecule has 0 aromatic carbocycles. The van der Waals surface area contributed by atoms with E-state index in [0.717, 1.165) is 18.4 Å². The Bertz CT molecular complexity index is 372. The molecule has 0 radical (unpaired) electrons. The Balaban J connectivity index is 3.17. The molecular weight excluding hydrogens is 238 g/mol. The number of ether oxygens (including phenoxy) is 1. The van der Waals surface area contributed by atoms with Crippen molar-refractivity contribution in [3.05, 3.63) is 22.8 Å². The van der Waals surface area contributed by atoms with Gasteiger partial charge in [-0.2, -0.15) is 0 Å². The summed E-state index contributed by atoms with van der Waals surface area (Å²) in [5, 5.41) is 0.529. The fourth-order valence-electron chi connectivity index (χ4n) is 2.10. The zero-order valence-corrected chi connectivity index (χ0v) is 11.3. The molecule has 0 bridgehead atoms. The van der Waals surface area contributed by atoms with E-state index in [-0.39, 0.29) is 6.04 Å². The number of nitrogen functional groups attached to an aromatic ring is 1. The van der Waals surface area contributed by atoms with Crippen LogP contribution >= 0.6 is 11.6 Å². The minimum atomic E-state index is -0.430. The molecule has 4 nitrogen and oxygen atoms in total. The zero-order chi connectivity index (χ0) is 13.1. The van der Waals surface area contributed by atoms with Gasteiger partial charge in [-0.25, -0.2) is 4.98 Å². The number of anilines is 1. The SMILES string of the molecule is CCC(CC)(OC)C(N)c1cc(Cl)cnc1N. The lowest BCUT2D eigenvalue weighted by Gasteiger charge is -2.36. The van der Waals surface area contributed by atoms with Crippen LogP contribution in [0.25, 0.3) is 0 Å². The summed E-state index contributed by atoms with van der Waals surface area (Å²) in [6, 6.07) is 1.42. The van der Waals surface area contributed by atoms with E-state index in [9.17, 15) is 0 Å². The Labute approximate surface area is 107 Å². The highest BCUT2D eigenvalue weighted by Gasteiger charge is 2.35. The second-order valence-corrected chi connectivity index (χ2v) is 4.52. The van der Waals surface area contributed by atoms with Crippen LogP contribution in [0.4, 0.5) is 5.82 Å². The first kappa shape index (κ1) is 14.2. The zero-order valence-electron chi connectivity index (χ0n) is 10.5. The van der Waals surface area contributed by atoms with Crippen molar-refractivity contribution < 1.29 is 4.74 Å². The molecule has 5 heteroatoms. The molecule has 1 aromatic heterocycles. The molecule has 0 spiro atoms. The summed E-state index contributed by atoms with van der Waals surface area (Å²) in [6.07, 6.45) is 3.11. The van der Waals surface area contributed by atoms with Crippen LogP contribution < -0.4 is 11.5 Å². The minimum absolute atomic E-state index is 0.339. The van der Waals surface area contributed by atoms with Crippen molar-refractivity contribution in [3.8, 4) is 0 Å². The lowest BCUT2D eigenvalue weighted by Crippen LogP contribution is -2.42. The molecule has 0 saturated heterocycles. The Morgan fingerprint density at radius 2 is 2.06 bits per heavy atom. The molecule has 17 heavy (non-hydrogen) atoms. The van der Waals surface area contributed by atoms with Gasteiger partial charge in [0.25, 0.3) is 0 Å². The third-order valence-corrected chi connectivity index (χ3v) is 3.63. The molecule has 96 valence electrons. The Kier molecular flexibility index (Phi) is 4.74. The highest BCUT2D eigenvalue weighted by Crippen LogP contribution is 2.35. The van der Waals surface area contributed by atoms with E-state index in [1.54, 1.807) is 13.2 Å². The highest BCUT2D eigenvalue weighted by atomic mass is 35.5. The summed E-state index contributed by atoms with van der Waals surface area (Å²) in [4.78, 5) is 4.03. The summed E-state index contributed by atoms with van der Waals surface area (Å²) in [6.45, 7) is 4.09. The standard InChI is InChI=1S/C12H20ClN3O/c1-4-12(5-2,17-3)10(14)9-6-8(13)7-16-11(9)15/h6-7,10H,4-5,14H2,1-3H3,(H2,15,16). The Hall–Kier alpha value is -0.840. The van der Waals surface area contributed by atoms with Gasteiger partial charge in [0.1, 0.15) is 5.82 Å². The van der Waals surface area contributed by atoms with Gasteiger partial charge < -0.3 is 16.2 Å². The lowest BCUT2D eigenvalue weighted by atomic mass is 9.84. The van der Waals surface area contributed by atoms with Crippen molar-refractivity contribution in [2.75, 3.05) is 12.8 Å². The molecule has 1 unspecified atom stereocenters. The molecule has 0 aliphatic heterocycles. The molecular formula is C12H20ClN3O. The summed E-state index contributed by atoms with van der Waals surface area (Å²) >= 11 is 5.93. The molecule has 0 aliphatic rings. The average Bonchev–Trinajstić information content (AvgIpc) is 2.35. The van der Waals surface area contributed by atoms with Gasteiger partial charge in [0.15, 0.2) is 0 Å². The molecule has 0 amide bonds. The molecule has 1 rings (SSSR count). The normalized spacial score (nSPS) is 13.7. The monoisotopic (exact) mass is 257 g/mol. The number of nitrogens with two attached hydrogens (primary N) is 2. The quantitative estimate of drug-likeness (QED) is 0.850. The van der Waals surface area contributed by atoms with Crippen LogP contribution in [0.2, 0.25) is 5.02 Å². The van der Waals surface area contributed by atoms with Crippen LogP contribution in [0.3, 0.4) is 0 Å². The maximum absolute atomic E-state index is 6.27. The van der Waals surface area contributed by atoms with E-state index in [0.29, 0.717) is 10.8 Å². The van der Waals surface area contributed by atoms with E-state index in [2.05, 4.69) is 4.98 Å². The first-order valence-electron chi connectivity index (χ1n) is 5.72. The maximum Gasteiger partial charge on any atom is 0.128 e. The second-order valence-electron chi connectivity index (χ2n) is 4.08. The average molecular weight is 258 g/mol. The fraction of sp³-hybridized carbons (Fsp3) is 0.583. The molecule has 1 atom stereocenters. The molecule has 1 aromatic rings. The first-order valence-corrected chi connectivity index (χ1v) is 6.10. The molecule has 0 fully saturated rings. The predicted octanol–water partition coefficient (Wildman–Crippen LogP) is 2.52. The maximum atomic E-state index is 6.27. The summed E-state index contributed by atoms with van der Waals surface area (Å²) in [7, 11) is 1.67. The number of hydrogen-bond donors (Lipinski definition) is 2. The molecule has 4 N–H and O–H groups in total. The van der Waals surface area contributed by atoms with Crippen LogP contribution in [-0.4, -0.2) is 17.7 Å². The van der Waals surface area contributed by atoms with Gasteiger partial charge in [-0.15, -0.1) is 0 Å². The number of methoxy groups -OCH3 is 1. The van der Waals surface area contributed by atoms with Crippen LogP contribution in [0.15, 0.2) is 12.3 Å². The van der Waals surface area contributed by atoms with Gasteiger partial charge in [0, 0.05) is 18.9 Å². The van der Waals surface area contributed by atoms with Crippen LogP contribution in [0, 0.1) is 0 Å². The number of rotatable bonds is 5. The van der Waals surface area contributed by atoms with Gasteiger partial charge in [-0.1, -0.05) is 25.4 Å². The number of pyridine rings is 1. The number of aromatic nitrogens is 1. The smallest absolute Gasteiger partial charge is 0.128 e. The third-order valence-electron chi connectivity index (χ3n) is 3.42. The third kappa shape index (κ3) is 2.70. The predicted molar refractivity (Wildman–Crippen MR) is 70.9 cm³/mol. The van der Waals surface area contributed by atoms with E-state index in [1.807, 2.05) is 13.8 Å². The minimum Gasteiger partial charge on any atom is -0.383 e. The Morgan fingerprint density at radius 3 is 2.53 bits per heavy atom. The van der Waals surface area contributed by atoms with E-state index in [1.165, 1.54) is 6.20 Å². The Morgan fingerprint density at radius 1 is 1.47 bits per heavy atom. The number of halogens is 1. The second kappa shape index (κ2) is 5.67. The van der Waals surface area contributed by atoms with Gasteiger partial charge in [-0.3, -0.25) is 0 Å². The van der Waals surface area contributed by atoms with E-state index < -0.39 is 5.60 Å². The van der Waals surface area contributed by atoms with Gasteiger partial charge >= 0.3 is 0 Å². The topological polar surface area (TPSA) is 74.2 Å². The van der Waals surface area contributed by atoms with Gasteiger partial charge in [0.2, 0.25) is 0 Å². The van der Waals surface area contributed by atoms with Crippen LogP contribution in [0.1, 0.15) is 38.3 Å². The lowest BCUT2D eigenvalue weighted by molar-refractivity contribution is -0.0384. The number of nitrogens with zero attached hydrogens (tertiary/aromatic N) is 1. The summed E-state index contributed by atoms with van der Waals surface area (Å²) < 4.78 is 5.60. The molecule has 0 saturated carbocycles. The highest BCUT2D eigenvalue weighted by molar-refractivity contribution is 6.30. The number of hydrogen-bond acceptors (Lipinski definition) is 4. The molecule has 1 heterocycles. The van der Waals surface area contributed by atoms with Crippen molar-refractivity contribution in [3.63, 3.8) is 0 Å². The van der Waals surface area contributed by atoms with E-state index >= 15 is 0 Å². The molecule has 0 aliphatic carbocycles. The first-order chi connectivity index (χ1) is 8.00. The van der Waals surface area contributed by atoms with Gasteiger partial charge in [-0.05, 0) is 18.9 Å². The summed E-state index contributed by atoms with van der Waals surface area (Å²) in [5.41, 5.74) is 12.4. The summed E-state index contributed by atoms with van der Waals surface area (Å²) in [5.74, 6) is 0.408. The van der Waals surface area contributed by atoms with E-state index in [4.69, 9.17) is 27.8 Å².